The Morgan fingerprint density at radius 1 is 1.15 bits per heavy atom. The van der Waals surface area contributed by atoms with Gasteiger partial charge >= 0.3 is 6.18 Å². The van der Waals surface area contributed by atoms with E-state index in [9.17, 15) is 13.2 Å². The van der Waals surface area contributed by atoms with E-state index in [4.69, 9.17) is 37.6 Å². The van der Waals surface area contributed by atoms with Gasteiger partial charge in [-0.05, 0) is 30.7 Å². The van der Waals surface area contributed by atoms with Crippen molar-refractivity contribution in [2.24, 2.45) is 5.92 Å². The molecule has 4 aromatic rings. The first kappa shape index (κ1) is 23.3. The second kappa shape index (κ2) is 8.85. The number of imidazole rings is 1. The standard InChI is InChI=1S/C21H17Cl2F3N4O3/c1-10(8-31)9-32-17-5-14(22)13(3-11(17)2)18-28-20(33-29-18)16-7-30-6-12(21(24,25)26)4-15(23)19(30)27-16/h3-7,10,31H,8-9H2,1-2H3/t10-/m0/s1. The second-order valence-electron chi connectivity index (χ2n) is 7.55. The van der Waals surface area contributed by atoms with E-state index in [1.54, 1.807) is 12.1 Å². The number of ether oxygens (including phenoxy) is 1. The fourth-order valence-corrected chi connectivity index (χ4v) is 3.52. The molecule has 0 fully saturated rings. The highest BCUT2D eigenvalue weighted by Crippen LogP contribution is 2.35. The monoisotopic (exact) mass is 500 g/mol. The fraction of sp³-hybridized carbons (Fsp3) is 0.286. The summed E-state index contributed by atoms with van der Waals surface area (Å²) in [5, 5.41) is 13.2. The average molecular weight is 501 g/mol. The normalized spacial score (nSPS) is 13.0. The smallest absolute Gasteiger partial charge is 0.417 e. The highest BCUT2D eigenvalue weighted by Gasteiger charge is 2.32. The molecule has 0 radical (unpaired) electrons. The Morgan fingerprint density at radius 2 is 1.91 bits per heavy atom. The zero-order valence-electron chi connectivity index (χ0n) is 17.3. The Bertz CT molecular complexity index is 1320. The number of halogens is 5. The lowest BCUT2D eigenvalue weighted by molar-refractivity contribution is -0.137. The van der Waals surface area contributed by atoms with E-state index in [0.717, 1.165) is 22.2 Å². The summed E-state index contributed by atoms with van der Waals surface area (Å²) >= 11 is 12.4. The average Bonchev–Trinajstić information content (AvgIpc) is 3.40. The fourth-order valence-electron chi connectivity index (χ4n) is 3.03. The van der Waals surface area contributed by atoms with Crippen LogP contribution >= 0.6 is 23.2 Å². The van der Waals surface area contributed by atoms with Gasteiger partial charge in [0.05, 0.1) is 22.2 Å². The Hall–Kier alpha value is -2.82. The molecule has 0 aliphatic carbocycles. The molecule has 174 valence electrons. The molecule has 1 atom stereocenters. The molecule has 0 saturated carbocycles. The number of aromatic nitrogens is 4. The van der Waals surface area contributed by atoms with Gasteiger partial charge in [-0.2, -0.15) is 18.2 Å². The molecule has 1 N–H and O–H groups in total. The number of fused-ring (bicyclic) bond motifs is 1. The third kappa shape index (κ3) is 4.78. The zero-order chi connectivity index (χ0) is 23.9. The lowest BCUT2D eigenvalue weighted by Gasteiger charge is -2.13. The van der Waals surface area contributed by atoms with E-state index in [1.165, 1.54) is 6.20 Å². The summed E-state index contributed by atoms with van der Waals surface area (Å²) < 4.78 is 51.3. The van der Waals surface area contributed by atoms with Crippen molar-refractivity contribution in [2.45, 2.75) is 20.0 Å². The highest BCUT2D eigenvalue weighted by atomic mass is 35.5. The molecule has 0 unspecified atom stereocenters. The first-order valence-electron chi connectivity index (χ1n) is 9.70. The molecule has 0 bridgehead atoms. The molecular formula is C21H17Cl2F3N4O3. The Labute approximate surface area is 195 Å². The Balaban J connectivity index is 1.65. The molecule has 12 heteroatoms. The molecule has 7 nitrogen and oxygen atoms in total. The summed E-state index contributed by atoms with van der Waals surface area (Å²) in [4.78, 5) is 8.50. The molecule has 3 heterocycles. The molecule has 0 aliphatic rings. The van der Waals surface area contributed by atoms with E-state index in [2.05, 4.69) is 15.1 Å². The minimum Gasteiger partial charge on any atom is -0.493 e. The SMILES string of the molecule is Cc1cc(-c2noc(-c3cn4cc(C(F)(F)F)cc(Cl)c4n3)n2)c(Cl)cc1OC[C@@H](C)CO. The van der Waals surface area contributed by atoms with Crippen molar-refractivity contribution in [1.29, 1.82) is 0 Å². The maximum atomic E-state index is 13.1. The van der Waals surface area contributed by atoms with Crippen LogP contribution in [0.1, 0.15) is 18.1 Å². The van der Waals surface area contributed by atoms with Crippen LogP contribution in [0.2, 0.25) is 10.0 Å². The molecule has 33 heavy (non-hydrogen) atoms. The van der Waals surface area contributed by atoms with Crippen LogP contribution in [0, 0.1) is 12.8 Å². The first-order valence-corrected chi connectivity index (χ1v) is 10.5. The number of pyridine rings is 1. The van der Waals surface area contributed by atoms with Gasteiger partial charge in [-0.3, -0.25) is 0 Å². The largest absolute Gasteiger partial charge is 0.493 e. The van der Waals surface area contributed by atoms with Gasteiger partial charge in [0.1, 0.15) is 11.4 Å². The van der Waals surface area contributed by atoms with E-state index in [1.807, 2.05) is 13.8 Å². The number of rotatable bonds is 6. The van der Waals surface area contributed by atoms with E-state index in [0.29, 0.717) is 22.9 Å². The van der Waals surface area contributed by atoms with Crippen LogP contribution in [0.4, 0.5) is 13.2 Å². The summed E-state index contributed by atoms with van der Waals surface area (Å²) in [6, 6.07) is 4.15. The number of alkyl halides is 3. The van der Waals surface area contributed by atoms with Gasteiger partial charge in [0, 0.05) is 30.5 Å². The van der Waals surface area contributed by atoms with Crippen molar-refractivity contribution in [3.05, 3.63) is 51.8 Å². The third-order valence-corrected chi connectivity index (χ3v) is 5.41. The van der Waals surface area contributed by atoms with Gasteiger partial charge in [-0.25, -0.2) is 4.98 Å². The van der Waals surface area contributed by atoms with Crippen molar-refractivity contribution in [3.8, 4) is 28.7 Å². The number of aliphatic hydroxyl groups excluding tert-OH is 1. The lowest BCUT2D eigenvalue weighted by atomic mass is 10.1. The van der Waals surface area contributed by atoms with Gasteiger partial charge in [-0.15, -0.1) is 0 Å². The maximum Gasteiger partial charge on any atom is 0.417 e. The summed E-state index contributed by atoms with van der Waals surface area (Å²) in [5.41, 5.74) is 0.610. The minimum atomic E-state index is -4.56. The van der Waals surface area contributed by atoms with E-state index < -0.39 is 11.7 Å². The predicted octanol–water partition coefficient (Wildman–Crippen LogP) is 5.69. The van der Waals surface area contributed by atoms with E-state index >= 15 is 0 Å². The second-order valence-corrected chi connectivity index (χ2v) is 8.37. The van der Waals surface area contributed by atoms with Crippen LogP contribution in [0.25, 0.3) is 28.6 Å². The molecule has 1 aromatic carbocycles. The molecular weight excluding hydrogens is 484 g/mol. The molecule has 3 aromatic heterocycles. The number of nitrogens with zero attached hydrogens (tertiary/aromatic N) is 4. The quantitative estimate of drug-likeness (QED) is 0.365. The van der Waals surface area contributed by atoms with Crippen LogP contribution < -0.4 is 4.74 Å². The third-order valence-electron chi connectivity index (χ3n) is 4.82. The maximum absolute atomic E-state index is 13.1. The summed E-state index contributed by atoms with van der Waals surface area (Å²) in [5.74, 6) is 0.689. The molecule has 0 saturated heterocycles. The molecule has 0 spiro atoms. The van der Waals surface area contributed by atoms with Crippen LogP contribution in [0.15, 0.2) is 35.1 Å². The minimum absolute atomic E-state index is 0.00227. The first-order chi connectivity index (χ1) is 15.6. The van der Waals surface area contributed by atoms with Crippen molar-refractivity contribution < 1.29 is 27.5 Å². The Kier molecular flexibility index (Phi) is 6.26. The van der Waals surface area contributed by atoms with E-state index in [-0.39, 0.29) is 40.6 Å². The predicted molar refractivity (Wildman–Crippen MR) is 115 cm³/mol. The number of aryl methyl sites for hydroxylation is 1. The molecule has 4 rings (SSSR count). The van der Waals surface area contributed by atoms with Gasteiger partial charge < -0.3 is 18.8 Å². The Morgan fingerprint density at radius 3 is 2.61 bits per heavy atom. The van der Waals surface area contributed by atoms with Gasteiger partial charge in [0.25, 0.3) is 5.89 Å². The van der Waals surface area contributed by atoms with Crippen molar-refractivity contribution in [1.82, 2.24) is 19.5 Å². The van der Waals surface area contributed by atoms with Crippen molar-refractivity contribution in [2.75, 3.05) is 13.2 Å². The van der Waals surface area contributed by atoms with Crippen LogP contribution in [-0.4, -0.2) is 37.8 Å². The zero-order valence-corrected chi connectivity index (χ0v) is 18.8. The van der Waals surface area contributed by atoms with Crippen molar-refractivity contribution in [3.63, 3.8) is 0 Å². The van der Waals surface area contributed by atoms with Crippen molar-refractivity contribution >= 4 is 28.8 Å². The summed E-state index contributed by atoms with van der Waals surface area (Å²) in [7, 11) is 0. The summed E-state index contributed by atoms with van der Waals surface area (Å²) in [6.45, 7) is 4.00. The number of hydrogen-bond donors (Lipinski definition) is 1. The topological polar surface area (TPSA) is 85.7 Å². The van der Waals surface area contributed by atoms with Crippen LogP contribution in [0.3, 0.4) is 0 Å². The van der Waals surface area contributed by atoms with Gasteiger partial charge in [0.15, 0.2) is 5.65 Å². The van der Waals surface area contributed by atoms with Crippen LogP contribution in [0.5, 0.6) is 5.75 Å². The van der Waals surface area contributed by atoms with Crippen LogP contribution in [-0.2, 0) is 6.18 Å². The highest BCUT2D eigenvalue weighted by molar-refractivity contribution is 6.33. The number of aliphatic hydroxyl groups is 1. The lowest BCUT2D eigenvalue weighted by Crippen LogP contribution is -2.12. The number of hydrogen-bond acceptors (Lipinski definition) is 6. The molecule has 0 amide bonds. The van der Waals surface area contributed by atoms with Gasteiger partial charge in [-0.1, -0.05) is 35.3 Å². The number of benzene rings is 1. The summed E-state index contributed by atoms with van der Waals surface area (Å²) in [6.07, 6.45) is -2.36. The van der Waals surface area contributed by atoms with Gasteiger partial charge in [0.2, 0.25) is 5.82 Å². The molecule has 0 aliphatic heterocycles.